The van der Waals surface area contributed by atoms with Crippen LogP contribution >= 0.6 is 22.9 Å². The van der Waals surface area contributed by atoms with Crippen LogP contribution in [0.2, 0.25) is 4.34 Å². The average Bonchev–Trinajstić information content (AvgIpc) is 2.52. The molecule has 0 spiro atoms. The van der Waals surface area contributed by atoms with Crippen molar-refractivity contribution < 1.29 is 4.79 Å². The first-order valence-electron chi connectivity index (χ1n) is 4.84. The largest absolute Gasteiger partial charge is 0.352 e. The molecule has 3 nitrogen and oxygen atoms in total. The Morgan fingerprint density at radius 3 is 2.80 bits per heavy atom. The molecule has 1 rings (SSSR count). The number of nitrogens with one attached hydrogen (secondary N) is 2. The van der Waals surface area contributed by atoms with E-state index in [9.17, 15) is 4.79 Å². The predicted octanol–water partition coefficient (Wildman–Crippen LogP) is 2.05. The predicted molar refractivity (Wildman–Crippen MR) is 64.9 cm³/mol. The van der Waals surface area contributed by atoms with Crippen LogP contribution < -0.4 is 10.6 Å². The Hall–Kier alpha value is -0.580. The van der Waals surface area contributed by atoms with E-state index in [1.165, 1.54) is 11.3 Å². The van der Waals surface area contributed by atoms with Crippen LogP contribution in [0.15, 0.2) is 6.07 Å². The molecule has 2 N–H and O–H groups in total. The summed E-state index contributed by atoms with van der Waals surface area (Å²) in [5, 5.41) is 5.85. The van der Waals surface area contributed by atoms with Gasteiger partial charge in [0.25, 0.3) is 5.91 Å². The molecule has 0 atom stereocenters. The highest BCUT2D eigenvalue weighted by molar-refractivity contribution is 7.16. The lowest BCUT2D eigenvalue weighted by Gasteiger charge is -2.03. The van der Waals surface area contributed by atoms with Crippen LogP contribution in [0.3, 0.4) is 0 Å². The van der Waals surface area contributed by atoms with Crippen LogP contribution in [-0.2, 0) is 0 Å². The lowest BCUT2D eigenvalue weighted by atomic mass is 10.3. The van der Waals surface area contributed by atoms with Crippen LogP contribution in [-0.4, -0.2) is 26.0 Å². The third-order valence-corrected chi connectivity index (χ3v) is 3.22. The van der Waals surface area contributed by atoms with E-state index in [-0.39, 0.29) is 5.91 Å². The molecule has 0 aromatic carbocycles. The Morgan fingerprint density at radius 1 is 1.53 bits per heavy atom. The molecular weight excluding hydrogens is 232 g/mol. The summed E-state index contributed by atoms with van der Waals surface area (Å²) in [5.74, 6) is -0.0829. The zero-order valence-corrected chi connectivity index (χ0v) is 10.5. The van der Waals surface area contributed by atoms with Crippen molar-refractivity contribution in [2.45, 2.75) is 13.3 Å². The third-order valence-electron chi connectivity index (χ3n) is 1.94. The van der Waals surface area contributed by atoms with E-state index in [1.807, 2.05) is 20.0 Å². The molecule has 0 aliphatic heterocycles. The van der Waals surface area contributed by atoms with Crippen molar-refractivity contribution in [2.75, 3.05) is 20.1 Å². The fourth-order valence-corrected chi connectivity index (χ4v) is 2.43. The highest BCUT2D eigenvalue weighted by Gasteiger charge is 2.12. The smallest absolute Gasteiger partial charge is 0.253 e. The first-order chi connectivity index (χ1) is 7.15. The Morgan fingerprint density at radius 2 is 2.27 bits per heavy atom. The van der Waals surface area contributed by atoms with E-state index in [2.05, 4.69) is 10.6 Å². The van der Waals surface area contributed by atoms with Gasteiger partial charge in [0, 0.05) is 11.4 Å². The number of carbonyl (C=O) groups is 1. The molecule has 1 aromatic rings. The summed E-state index contributed by atoms with van der Waals surface area (Å²) < 4.78 is 0.568. The molecule has 0 fully saturated rings. The highest BCUT2D eigenvalue weighted by atomic mass is 35.5. The van der Waals surface area contributed by atoms with Crippen LogP contribution in [0.5, 0.6) is 0 Å². The second-order valence-electron chi connectivity index (χ2n) is 3.26. The molecule has 1 amide bonds. The van der Waals surface area contributed by atoms with Crippen LogP contribution in [0.1, 0.15) is 21.7 Å². The van der Waals surface area contributed by atoms with Gasteiger partial charge in [-0.25, -0.2) is 0 Å². The molecule has 0 aliphatic rings. The zero-order chi connectivity index (χ0) is 11.3. The number of hydrogen-bond acceptors (Lipinski definition) is 3. The van der Waals surface area contributed by atoms with Gasteiger partial charge in [0.1, 0.15) is 4.34 Å². The number of halogens is 1. The molecule has 15 heavy (non-hydrogen) atoms. The fourth-order valence-electron chi connectivity index (χ4n) is 1.20. The van der Waals surface area contributed by atoms with E-state index in [1.54, 1.807) is 0 Å². The molecule has 1 heterocycles. The first-order valence-corrected chi connectivity index (χ1v) is 6.03. The second-order valence-corrected chi connectivity index (χ2v) is 5.12. The average molecular weight is 247 g/mol. The molecule has 84 valence electrons. The van der Waals surface area contributed by atoms with Gasteiger partial charge < -0.3 is 10.6 Å². The quantitative estimate of drug-likeness (QED) is 0.781. The van der Waals surface area contributed by atoms with E-state index < -0.39 is 0 Å². The molecule has 1 aromatic heterocycles. The molecule has 0 bridgehead atoms. The second kappa shape index (κ2) is 6.10. The number of aryl methyl sites for hydroxylation is 1. The SMILES string of the molecule is CNCCCNC(=O)c1cc(C)sc1Cl. The lowest BCUT2D eigenvalue weighted by molar-refractivity contribution is 0.0954. The summed E-state index contributed by atoms with van der Waals surface area (Å²) in [7, 11) is 1.89. The fraction of sp³-hybridized carbons (Fsp3) is 0.500. The van der Waals surface area contributed by atoms with Gasteiger partial charge in [-0.3, -0.25) is 4.79 Å². The van der Waals surface area contributed by atoms with E-state index in [0.717, 1.165) is 17.8 Å². The Kier molecular flexibility index (Phi) is 5.08. The highest BCUT2D eigenvalue weighted by Crippen LogP contribution is 2.26. The molecule has 0 aliphatic carbocycles. The van der Waals surface area contributed by atoms with Crippen molar-refractivity contribution in [1.82, 2.24) is 10.6 Å². The van der Waals surface area contributed by atoms with Gasteiger partial charge in [-0.1, -0.05) is 11.6 Å². The number of hydrogen-bond donors (Lipinski definition) is 2. The van der Waals surface area contributed by atoms with Gasteiger partial charge in [0.2, 0.25) is 0 Å². The summed E-state index contributed by atoms with van der Waals surface area (Å²) in [6.07, 6.45) is 0.920. The van der Waals surface area contributed by atoms with Crippen LogP contribution in [0.25, 0.3) is 0 Å². The Balaban J connectivity index is 2.43. The third kappa shape index (κ3) is 3.81. The van der Waals surface area contributed by atoms with E-state index in [0.29, 0.717) is 16.4 Å². The van der Waals surface area contributed by atoms with Crippen molar-refractivity contribution in [2.24, 2.45) is 0 Å². The minimum Gasteiger partial charge on any atom is -0.352 e. The first kappa shape index (κ1) is 12.5. The minimum absolute atomic E-state index is 0.0829. The van der Waals surface area contributed by atoms with Gasteiger partial charge in [-0.05, 0) is 33.0 Å². The molecular formula is C10H15ClN2OS. The van der Waals surface area contributed by atoms with Gasteiger partial charge in [-0.15, -0.1) is 11.3 Å². The van der Waals surface area contributed by atoms with Crippen molar-refractivity contribution >= 4 is 28.8 Å². The molecule has 0 saturated heterocycles. The van der Waals surface area contributed by atoms with Crippen LogP contribution in [0.4, 0.5) is 0 Å². The van der Waals surface area contributed by atoms with E-state index >= 15 is 0 Å². The van der Waals surface area contributed by atoms with Crippen molar-refractivity contribution in [3.05, 3.63) is 20.8 Å². The Labute approximate surface area is 98.8 Å². The summed E-state index contributed by atoms with van der Waals surface area (Å²) in [5.41, 5.74) is 0.587. The maximum absolute atomic E-state index is 11.6. The topological polar surface area (TPSA) is 41.1 Å². The lowest BCUT2D eigenvalue weighted by Crippen LogP contribution is -2.26. The van der Waals surface area contributed by atoms with Crippen molar-refractivity contribution in [1.29, 1.82) is 0 Å². The summed E-state index contributed by atoms with van der Waals surface area (Å²) in [6.45, 7) is 3.51. The molecule has 0 unspecified atom stereocenters. The van der Waals surface area contributed by atoms with Gasteiger partial charge in [-0.2, -0.15) is 0 Å². The number of carbonyl (C=O) groups excluding carboxylic acids is 1. The molecule has 0 radical (unpaired) electrons. The summed E-state index contributed by atoms with van der Waals surface area (Å²) in [4.78, 5) is 12.7. The standard InChI is InChI=1S/C10H15ClN2OS/c1-7-6-8(9(11)15-7)10(14)13-5-3-4-12-2/h6,12H,3-5H2,1-2H3,(H,13,14). The summed E-state index contributed by atoms with van der Waals surface area (Å²) in [6, 6.07) is 1.82. The van der Waals surface area contributed by atoms with Gasteiger partial charge in [0.15, 0.2) is 0 Å². The van der Waals surface area contributed by atoms with Crippen molar-refractivity contribution in [3.8, 4) is 0 Å². The van der Waals surface area contributed by atoms with E-state index in [4.69, 9.17) is 11.6 Å². The van der Waals surface area contributed by atoms with Crippen molar-refractivity contribution in [3.63, 3.8) is 0 Å². The maximum Gasteiger partial charge on any atom is 0.253 e. The van der Waals surface area contributed by atoms with Gasteiger partial charge >= 0.3 is 0 Å². The number of rotatable bonds is 5. The summed E-state index contributed by atoms with van der Waals surface area (Å²) >= 11 is 7.36. The monoisotopic (exact) mass is 246 g/mol. The molecule has 5 heteroatoms. The molecule has 0 saturated carbocycles. The Bertz CT molecular complexity index is 338. The maximum atomic E-state index is 11.6. The van der Waals surface area contributed by atoms with Crippen LogP contribution in [0, 0.1) is 6.92 Å². The number of thiophene rings is 1. The minimum atomic E-state index is -0.0829. The van der Waals surface area contributed by atoms with Gasteiger partial charge in [0.05, 0.1) is 5.56 Å². The normalized spacial score (nSPS) is 10.3. The number of amides is 1. The zero-order valence-electron chi connectivity index (χ0n) is 8.89.